The molecule has 6 heteroatoms. The lowest BCUT2D eigenvalue weighted by atomic mass is 10.1. The van der Waals surface area contributed by atoms with E-state index in [0.29, 0.717) is 12.6 Å². The Bertz CT molecular complexity index is 470. The molecule has 1 aromatic rings. The van der Waals surface area contributed by atoms with Gasteiger partial charge >= 0.3 is 0 Å². The van der Waals surface area contributed by atoms with Crippen molar-refractivity contribution in [2.45, 2.75) is 26.3 Å². The Balaban J connectivity index is 0.00000220. The van der Waals surface area contributed by atoms with Crippen LogP contribution in [0.25, 0.3) is 0 Å². The number of carbonyl (C=O) groups is 1. The minimum absolute atomic E-state index is 0. The summed E-state index contributed by atoms with van der Waals surface area (Å²) in [6, 6.07) is 9.05. The molecule has 2 atom stereocenters. The molecule has 1 heterocycles. The van der Waals surface area contributed by atoms with Gasteiger partial charge in [-0.05, 0) is 32.0 Å². The molecule has 0 aliphatic carbocycles. The Hall–Kier alpha value is -0.970. The molecule has 4 nitrogen and oxygen atoms in total. The van der Waals surface area contributed by atoms with Crippen molar-refractivity contribution < 1.29 is 4.79 Å². The molecule has 22 heavy (non-hydrogen) atoms. The summed E-state index contributed by atoms with van der Waals surface area (Å²) in [5.41, 5.74) is 2.73. The number of anilines is 1. The molecule has 2 N–H and O–H groups in total. The van der Waals surface area contributed by atoms with Crippen LogP contribution in [-0.4, -0.2) is 38.6 Å². The summed E-state index contributed by atoms with van der Waals surface area (Å²) in [4.78, 5) is 14.3. The van der Waals surface area contributed by atoms with E-state index in [0.717, 1.165) is 19.5 Å². The lowest BCUT2D eigenvalue weighted by Gasteiger charge is -2.25. The number of fused-ring (bicyclic) bond motifs is 1. The fourth-order valence-corrected chi connectivity index (χ4v) is 2.84. The summed E-state index contributed by atoms with van der Waals surface area (Å²) in [6.45, 7) is 6.47. The minimum Gasteiger partial charge on any atom is -0.367 e. The molecule has 1 aliphatic rings. The third-order valence-electron chi connectivity index (χ3n) is 3.96. The molecule has 0 fully saturated rings. The summed E-state index contributed by atoms with van der Waals surface area (Å²) in [5.74, 6) is 0.141. The van der Waals surface area contributed by atoms with Crippen molar-refractivity contribution in [3.63, 3.8) is 0 Å². The summed E-state index contributed by atoms with van der Waals surface area (Å²) in [5, 5.41) is 6.05. The summed E-state index contributed by atoms with van der Waals surface area (Å²) < 4.78 is 0. The lowest BCUT2D eigenvalue weighted by Crippen LogP contribution is -2.40. The number of halogens is 2. The first kappa shape index (κ1) is 21.0. The minimum atomic E-state index is 0. The third-order valence-corrected chi connectivity index (χ3v) is 3.96. The van der Waals surface area contributed by atoms with Crippen LogP contribution in [0.4, 0.5) is 5.69 Å². The average molecular weight is 348 g/mol. The fourth-order valence-electron chi connectivity index (χ4n) is 2.84. The average Bonchev–Trinajstić information content (AvgIpc) is 2.75. The van der Waals surface area contributed by atoms with Gasteiger partial charge in [-0.2, -0.15) is 0 Å². The third kappa shape index (κ3) is 5.04. The molecule has 126 valence electrons. The maximum absolute atomic E-state index is 11.9. The van der Waals surface area contributed by atoms with E-state index in [1.165, 1.54) is 11.3 Å². The Kier molecular flexibility index (Phi) is 9.49. The number of benzene rings is 1. The maximum atomic E-state index is 11.9. The molecule has 1 aromatic carbocycles. The first-order chi connectivity index (χ1) is 9.63. The number of para-hydroxylation sites is 1. The largest absolute Gasteiger partial charge is 0.367 e. The normalized spacial score (nSPS) is 17.0. The quantitative estimate of drug-likeness (QED) is 0.829. The molecular formula is C16H27Cl2N3O. The van der Waals surface area contributed by atoms with Gasteiger partial charge in [-0.25, -0.2) is 0 Å². The van der Waals surface area contributed by atoms with Crippen molar-refractivity contribution in [3.05, 3.63) is 29.8 Å². The Morgan fingerprint density at radius 3 is 2.73 bits per heavy atom. The van der Waals surface area contributed by atoms with Crippen LogP contribution in [0.15, 0.2) is 24.3 Å². The van der Waals surface area contributed by atoms with E-state index in [4.69, 9.17) is 0 Å². The summed E-state index contributed by atoms with van der Waals surface area (Å²) >= 11 is 0. The molecule has 0 saturated heterocycles. The van der Waals surface area contributed by atoms with Crippen molar-refractivity contribution in [2.24, 2.45) is 5.92 Å². The second-order valence-electron chi connectivity index (χ2n) is 5.63. The number of rotatable bonds is 6. The number of nitrogens with one attached hydrogen (secondary N) is 2. The van der Waals surface area contributed by atoms with Crippen LogP contribution < -0.4 is 15.5 Å². The molecule has 2 rings (SSSR count). The van der Waals surface area contributed by atoms with E-state index < -0.39 is 0 Å². The lowest BCUT2D eigenvalue weighted by molar-refractivity contribution is -0.124. The Morgan fingerprint density at radius 2 is 2.05 bits per heavy atom. The van der Waals surface area contributed by atoms with E-state index >= 15 is 0 Å². The van der Waals surface area contributed by atoms with Gasteiger partial charge in [0.25, 0.3) is 0 Å². The second-order valence-corrected chi connectivity index (χ2v) is 5.63. The van der Waals surface area contributed by atoms with Gasteiger partial charge in [0.05, 0.1) is 0 Å². The van der Waals surface area contributed by atoms with Gasteiger partial charge in [0.2, 0.25) is 5.91 Å². The first-order valence-electron chi connectivity index (χ1n) is 7.40. The Labute approximate surface area is 145 Å². The monoisotopic (exact) mass is 347 g/mol. The fraction of sp³-hybridized carbons (Fsp3) is 0.562. The van der Waals surface area contributed by atoms with Crippen molar-refractivity contribution in [3.8, 4) is 0 Å². The van der Waals surface area contributed by atoms with Crippen LogP contribution in [0.5, 0.6) is 0 Å². The van der Waals surface area contributed by atoms with Gasteiger partial charge < -0.3 is 15.5 Å². The van der Waals surface area contributed by atoms with Crippen molar-refractivity contribution in [2.75, 3.05) is 31.6 Å². The molecule has 0 bridgehead atoms. The molecule has 2 unspecified atom stereocenters. The summed E-state index contributed by atoms with van der Waals surface area (Å²) in [7, 11) is 1.87. The zero-order chi connectivity index (χ0) is 14.5. The van der Waals surface area contributed by atoms with Gasteiger partial charge in [0.1, 0.15) is 0 Å². The predicted molar refractivity (Wildman–Crippen MR) is 97.6 cm³/mol. The standard InChI is InChI=1S/C16H25N3O.2ClH/c1-12(11-17-3)16(20)18-8-9-19-13(2)10-14-6-4-5-7-15(14)19;;/h4-7,12-13,17H,8-11H2,1-3H3,(H,18,20);2*1H. The predicted octanol–water partition coefficient (Wildman–Crippen LogP) is 2.25. The zero-order valence-electron chi connectivity index (χ0n) is 13.5. The maximum Gasteiger partial charge on any atom is 0.224 e. The number of hydrogen-bond donors (Lipinski definition) is 2. The number of amides is 1. The van der Waals surface area contributed by atoms with Crippen molar-refractivity contribution in [1.29, 1.82) is 0 Å². The topological polar surface area (TPSA) is 44.4 Å². The molecular weight excluding hydrogens is 321 g/mol. The molecule has 0 aromatic heterocycles. The van der Waals surface area contributed by atoms with Crippen molar-refractivity contribution >= 4 is 36.4 Å². The highest BCUT2D eigenvalue weighted by atomic mass is 35.5. The first-order valence-corrected chi connectivity index (χ1v) is 7.40. The van der Waals surface area contributed by atoms with E-state index in [9.17, 15) is 4.79 Å². The highest BCUT2D eigenvalue weighted by Gasteiger charge is 2.25. The number of nitrogens with zero attached hydrogens (tertiary/aromatic N) is 1. The summed E-state index contributed by atoms with van der Waals surface area (Å²) in [6.07, 6.45) is 1.10. The van der Waals surface area contributed by atoms with Gasteiger partial charge in [0, 0.05) is 37.3 Å². The van der Waals surface area contributed by atoms with Gasteiger partial charge in [0.15, 0.2) is 0 Å². The van der Waals surface area contributed by atoms with E-state index in [1.807, 2.05) is 14.0 Å². The van der Waals surface area contributed by atoms with Crippen LogP contribution in [0, 0.1) is 5.92 Å². The van der Waals surface area contributed by atoms with Crippen LogP contribution in [-0.2, 0) is 11.2 Å². The highest BCUT2D eigenvalue weighted by Crippen LogP contribution is 2.31. The number of carbonyl (C=O) groups excluding carboxylic acids is 1. The van der Waals surface area contributed by atoms with Gasteiger partial charge in [-0.3, -0.25) is 4.79 Å². The molecule has 0 radical (unpaired) electrons. The van der Waals surface area contributed by atoms with Crippen LogP contribution >= 0.6 is 24.8 Å². The Morgan fingerprint density at radius 1 is 1.36 bits per heavy atom. The van der Waals surface area contributed by atoms with Crippen molar-refractivity contribution in [1.82, 2.24) is 10.6 Å². The molecule has 0 saturated carbocycles. The van der Waals surface area contributed by atoms with Crippen LogP contribution in [0.1, 0.15) is 19.4 Å². The number of hydrogen-bond acceptors (Lipinski definition) is 3. The highest BCUT2D eigenvalue weighted by molar-refractivity contribution is 5.85. The smallest absolute Gasteiger partial charge is 0.224 e. The zero-order valence-corrected chi connectivity index (χ0v) is 15.1. The molecule has 0 spiro atoms. The van der Waals surface area contributed by atoms with E-state index in [2.05, 4.69) is 46.7 Å². The molecule has 1 aliphatic heterocycles. The van der Waals surface area contributed by atoms with Crippen LogP contribution in [0.3, 0.4) is 0 Å². The van der Waals surface area contributed by atoms with E-state index in [-0.39, 0.29) is 36.6 Å². The van der Waals surface area contributed by atoms with E-state index in [1.54, 1.807) is 0 Å². The SMILES string of the molecule is CNCC(C)C(=O)NCCN1c2ccccc2CC1C.Cl.Cl. The van der Waals surface area contributed by atoms with Gasteiger partial charge in [-0.1, -0.05) is 25.1 Å². The van der Waals surface area contributed by atoms with Gasteiger partial charge in [-0.15, -0.1) is 24.8 Å². The second kappa shape index (κ2) is 9.93. The molecule has 1 amide bonds. The van der Waals surface area contributed by atoms with Crippen LogP contribution in [0.2, 0.25) is 0 Å².